The molecule has 2 aromatic carbocycles. The monoisotopic (exact) mass is 360 g/mol. The molecule has 2 rings (SSSR count). The number of thiocarbonyl (C=S) groups is 1. The lowest BCUT2D eigenvalue weighted by atomic mass is 10.2. The summed E-state index contributed by atoms with van der Waals surface area (Å²) in [4.78, 5) is 12.0. The minimum absolute atomic E-state index is 0.302. The average Bonchev–Trinajstić information content (AvgIpc) is 2.62. The Balaban J connectivity index is 2.17. The number of rotatable bonds is 6. The van der Waals surface area contributed by atoms with Gasteiger partial charge in [0.2, 0.25) is 0 Å². The number of nitrogens with one attached hydrogen (secondary N) is 2. The van der Waals surface area contributed by atoms with Crippen LogP contribution < -0.4 is 20.1 Å². The van der Waals surface area contributed by atoms with Crippen molar-refractivity contribution in [2.24, 2.45) is 0 Å². The largest absolute Gasteiger partial charge is 0.497 e. The van der Waals surface area contributed by atoms with E-state index in [9.17, 15) is 4.79 Å². The zero-order valence-electron chi connectivity index (χ0n) is 14.3. The average molecular weight is 360 g/mol. The van der Waals surface area contributed by atoms with E-state index in [4.69, 9.17) is 26.4 Å². The van der Waals surface area contributed by atoms with E-state index < -0.39 is 5.97 Å². The molecule has 7 heteroatoms. The first-order chi connectivity index (χ1) is 12.1. The van der Waals surface area contributed by atoms with Crippen LogP contribution in [0.1, 0.15) is 17.3 Å². The normalized spacial score (nSPS) is 9.88. The summed E-state index contributed by atoms with van der Waals surface area (Å²) in [6.45, 7) is 2.06. The molecule has 0 aromatic heterocycles. The molecule has 0 heterocycles. The number of esters is 1. The van der Waals surface area contributed by atoms with E-state index in [1.807, 2.05) is 0 Å². The van der Waals surface area contributed by atoms with Crippen molar-refractivity contribution in [3.05, 3.63) is 48.0 Å². The van der Waals surface area contributed by atoms with Gasteiger partial charge in [0.1, 0.15) is 11.5 Å². The van der Waals surface area contributed by atoms with Crippen molar-refractivity contribution in [1.29, 1.82) is 0 Å². The summed E-state index contributed by atoms with van der Waals surface area (Å²) in [5.74, 6) is 0.869. The van der Waals surface area contributed by atoms with Gasteiger partial charge in [0, 0.05) is 6.07 Å². The Bertz CT molecular complexity index is 764. The van der Waals surface area contributed by atoms with E-state index in [2.05, 4.69) is 10.6 Å². The molecule has 0 amide bonds. The van der Waals surface area contributed by atoms with E-state index in [1.54, 1.807) is 63.6 Å². The molecule has 0 atom stereocenters. The minimum Gasteiger partial charge on any atom is -0.497 e. The van der Waals surface area contributed by atoms with Crippen molar-refractivity contribution in [3.63, 3.8) is 0 Å². The third-order valence-corrected chi connectivity index (χ3v) is 3.53. The van der Waals surface area contributed by atoms with Gasteiger partial charge in [-0.2, -0.15) is 0 Å². The Morgan fingerprint density at radius 3 is 2.44 bits per heavy atom. The van der Waals surface area contributed by atoms with E-state index >= 15 is 0 Å². The first kappa shape index (κ1) is 18.5. The first-order valence-electron chi connectivity index (χ1n) is 7.65. The van der Waals surface area contributed by atoms with Gasteiger partial charge in [-0.3, -0.25) is 0 Å². The number of methoxy groups -OCH3 is 2. The minimum atomic E-state index is -0.410. The van der Waals surface area contributed by atoms with Crippen LogP contribution in [-0.2, 0) is 4.74 Å². The highest BCUT2D eigenvalue weighted by Gasteiger charge is 2.13. The Morgan fingerprint density at radius 2 is 1.76 bits per heavy atom. The van der Waals surface area contributed by atoms with Gasteiger partial charge in [-0.1, -0.05) is 12.1 Å². The van der Waals surface area contributed by atoms with Crippen LogP contribution in [0, 0.1) is 0 Å². The van der Waals surface area contributed by atoms with Crippen molar-refractivity contribution >= 4 is 34.7 Å². The summed E-state index contributed by atoms with van der Waals surface area (Å²) in [7, 11) is 3.15. The second-order valence-electron chi connectivity index (χ2n) is 4.91. The topological polar surface area (TPSA) is 68.8 Å². The molecular weight excluding hydrogens is 340 g/mol. The number of ether oxygens (including phenoxy) is 3. The lowest BCUT2D eigenvalue weighted by molar-refractivity contribution is 0.0527. The molecule has 2 aromatic rings. The zero-order valence-corrected chi connectivity index (χ0v) is 15.1. The van der Waals surface area contributed by atoms with Crippen molar-refractivity contribution in [1.82, 2.24) is 0 Å². The van der Waals surface area contributed by atoms with Crippen molar-refractivity contribution < 1.29 is 19.0 Å². The number of para-hydroxylation sites is 1. The Kier molecular flexibility index (Phi) is 6.59. The number of benzene rings is 2. The lowest BCUT2D eigenvalue weighted by Crippen LogP contribution is -2.21. The molecule has 0 aliphatic heterocycles. The Labute approximate surface area is 152 Å². The fourth-order valence-electron chi connectivity index (χ4n) is 2.17. The molecule has 25 heavy (non-hydrogen) atoms. The SMILES string of the molecule is CCOC(=O)c1ccccc1NC(=S)Nc1cc(OC)ccc1OC. The third-order valence-electron chi connectivity index (χ3n) is 3.33. The van der Waals surface area contributed by atoms with Gasteiger partial charge in [-0.05, 0) is 43.4 Å². The van der Waals surface area contributed by atoms with Gasteiger partial charge >= 0.3 is 5.97 Å². The number of hydrogen-bond acceptors (Lipinski definition) is 5. The molecule has 6 nitrogen and oxygen atoms in total. The molecule has 2 N–H and O–H groups in total. The van der Waals surface area contributed by atoms with Gasteiger partial charge < -0.3 is 24.8 Å². The van der Waals surface area contributed by atoms with Crippen LogP contribution in [0.25, 0.3) is 0 Å². The molecule has 0 fully saturated rings. The van der Waals surface area contributed by atoms with E-state index in [-0.39, 0.29) is 0 Å². The molecule has 0 radical (unpaired) electrons. The summed E-state index contributed by atoms with van der Waals surface area (Å²) in [6, 6.07) is 12.3. The number of anilines is 2. The third kappa shape index (κ3) is 4.84. The van der Waals surface area contributed by atoms with Crippen molar-refractivity contribution in [2.75, 3.05) is 31.5 Å². The predicted octanol–water partition coefficient (Wildman–Crippen LogP) is 3.69. The molecule has 0 saturated heterocycles. The summed E-state index contributed by atoms with van der Waals surface area (Å²) in [5, 5.41) is 6.36. The highest BCUT2D eigenvalue weighted by atomic mass is 32.1. The summed E-state index contributed by atoms with van der Waals surface area (Å²) in [6.07, 6.45) is 0. The Morgan fingerprint density at radius 1 is 1.04 bits per heavy atom. The molecule has 0 bridgehead atoms. The number of carbonyl (C=O) groups is 1. The van der Waals surface area contributed by atoms with Crippen LogP contribution in [0.3, 0.4) is 0 Å². The molecule has 0 aliphatic rings. The quantitative estimate of drug-likeness (QED) is 0.601. The zero-order chi connectivity index (χ0) is 18.2. The van der Waals surface area contributed by atoms with Crippen LogP contribution >= 0.6 is 12.2 Å². The fraction of sp³-hybridized carbons (Fsp3) is 0.222. The second kappa shape index (κ2) is 8.89. The molecular formula is C18H20N2O4S. The van der Waals surface area contributed by atoms with Crippen LogP contribution in [0.5, 0.6) is 11.5 Å². The van der Waals surface area contributed by atoms with Crippen LogP contribution in [0.15, 0.2) is 42.5 Å². The first-order valence-corrected chi connectivity index (χ1v) is 8.06. The van der Waals surface area contributed by atoms with Gasteiger partial charge in [0.15, 0.2) is 5.11 Å². The number of carbonyl (C=O) groups excluding carboxylic acids is 1. The number of hydrogen-bond donors (Lipinski definition) is 2. The lowest BCUT2D eigenvalue weighted by Gasteiger charge is -2.16. The smallest absolute Gasteiger partial charge is 0.340 e. The van der Waals surface area contributed by atoms with Crippen molar-refractivity contribution in [3.8, 4) is 11.5 Å². The van der Waals surface area contributed by atoms with Gasteiger partial charge in [-0.15, -0.1) is 0 Å². The maximum Gasteiger partial charge on any atom is 0.340 e. The molecule has 0 aliphatic carbocycles. The van der Waals surface area contributed by atoms with Gasteiger partial charge in [0.05, 0.1) is 37.8 Å². The maximum atomic E-state index is 12.0. The summed E-state index contributed by atoms with van der Waals surface area (Å²) in [5.41, 5.74) is 1.61. The Hall–Kier alpha value is -2.80. The predicted molar refractivity (Wildman–Crippen MR) is 102 cm³/mol. The fourth-order valence-corrected chi connectivity index (χ4v) is 2.39. The molecule has 0 saturated carbocycles. The van der Waals surface area contributed by atoms with Crippen LogP contribution in [-0.4, -0.2) is 31.9 Å². The highest BCUT2D eigenvalue weighted by molar-refractivity contribution is 7.80. The van der Waals surface area contributed by atoms with E-state index in [1.165, 1.54) is 0 Å². The highest BCUT2D eigenvalue weighted by Crippen LogP contribution is 2.29. The second-order valence-corrected chi connectivity index (χ2v) is 5.32. The summed E-state index contributed by atoms with van der Waals surface area (Å²) >= 11 is 5.35. The van der Waals surface area contributed by atoms with Gasteiger partial charge in [0.25, 0.3) is 0 Å². The van der Waals surface area contributed by atoms with Crippen LogP contribution in [0.2, 0.25) is 0 Å². The standard InChI is InChI=1S/C18H20N2O4S/c1-4-24-17(21)13-7-5-6-8-14(13)19-18(25)20-15-11-12(22-2)9-10-16(15)23-3/h5-11H,4H2,1-3H3,(H2,19,20,25). The van der Waals surface area contributed by atoms with E-state index in [0.29, 0.717) is 40.2 Å². The molecule has 0 spiro atoms. The molecule has 132 valence electrons. The van der Waals surface area contributed by atoms with Crippen molar-refractivity contribution in [2.45, 2.75) is 6.92 Å². The molecule has 0 unspecified atom stereocenters. The van der Waals surface area contributed by atoms with Gasteiger partial charge in [-0.25, -0.2) is 4.79 Å². The maximum absolute atomic E-state index is 12.0. The summed E-state index contributed by atoms with van der Waals surface area (Å²) < 4.78 is 15.6. The van der Waals surface area contributed by atoms with Crippen LogP contribution in [0.4, 0.5) is 11.4 Å². The van der Waals surface area contributed by atoms with E-state index in [0.717, 1.165) is 0 Å².